The van der Waals surface area contributed by atoms with Crippen molar-refractivity contribution >= 4 is 28.3 Å². The van der Waals surface area contributed by atoms with Crippen LogP contribution < -0.4 is 20.5 Å². The summed E-state index contributed by atoms with van der Waals surface area (Å²) in [5.41, 5.74) is 0.159. The first-order valence-corrected chi connectivity index (χ1v) is 8.60. The second-order valence-corrected chi connectivity index (χ2v) is 7.02. The molecule has 9 heteroatoms. The Kier molecular flexibility index (Phi) is 6.82. The van der Waals surface area contributed by atoms with E-state index in [0.29, 0.717) is 18.2 Å². The predicted molar refractivity (Wildman–Crippen MR) is 89.5 cm³/mol. The highest BCUT2D eigenvalue weighted by molar-refractivity contribution is 7.89. The fourth-order valence-electron chi connectivity index (χ4n) is 2.47. The van der Waals surface area contributed by atoms with Crippen molar-refractivity contribution in [2.45, 2.75) is 24.3 Å². The number of nitrogens with two attached hydrogens (primary N) is 1. The number of carbonyl (C=O) groups excluding carboxylic acids is 1. The summed E-state index contributed by atoms with van der Waals surface area (Å²) in [6.07, 6.45) is 0.972. The van der Waals surface area contributed by atoms with Gasteiger partial charge in [-0.3, -0.25) is 4.79 Å². The Labute approximate surface area is 142 Å². The molecule has 23 heavy (non-hydrogen) atoms. The van der Waals surface area contributed by atoms with Crippen molar-refractivity contribution in [2.24, 2.45) is 11.1 Å². The van der Waals surface area contributed by atoms with Crippen molar-refractivity contribution in [3.63, 3.8) is 0 Å². The molecule has 1 aromatic rings. The number of sulfonamides is 1. The summed E-state index contributed by atoms with van der Waals surface area (Å²) in [7, 11) is -2.45. The summed E-state index contributed by atoms with van der Waals surface area (Å²) in [6, 6.07) is 3.97. The molecule has 0 spiro atoms. The van der Waals surface area contributed by atoms with Gasteiger partial charge >= 0.3 is 0 Å². The Bertz CT molecular complexity index is 666. The van der Waals surface area contributed by atoms with E-state index in [1.807, 2.05) is 0 Å². The molecule has 0 radical (unpaired) electrons. The van der Waals surface area contributed by atoms with Crippen LogP contribution in [0.1, 0.15) is 23.7 Å². The highest BCUT2D eigenvalue weighted by Crippen LogP contribution is 2.22. The summed E-state index contributed by atoms with van der Waals surface area (Å²) < 4.78 is 28.0. The number of carbonyl (C=O) groups is 1. The first-order chi connectivity index (χ1) is 10.3. The molecule has 1 fully saturated rings. The van der Waals surface area contributed by atoms with Crippen LogP contribution in [0.25, 0.3) is 0 Å². The quantitative estimate of drug-likeness (QED) is 0.721. The van der Waals surface area contributed by atoms with Crippen molar-refractivity contribution in [1.29, 1.82) is 0 Å². The molecular weight excluding hydrogens is 342 g/mol. The van der Waals surface area contributed by atoms with Crippen LogP contribution in [0, 0.1) is 5.92 Å². The Hall–Kier alpha value is -1.35. The molecule has 1 aromatic carbocycles. The lowest BCUT2D eigenvalue weighted by Crippen LogP contribution is -2.50. The van der Waals surface area contributed by atoms with E-state index < -0.39 is 10.0 Å². The van der Waals surface area contributed by atoms with Crippen LogP contribution in [0.3, 0.4) is 0 Å². The molecule has 0 bridgehead atoms. The summed E-state index contributed by atoms with van der Waals surface area (Å²) in [4.78, 5) is 12.3. The van der Waals surface area contributed by atoms with Crippen LogP contribution in [0.5, 0.6) is 5.75 Å². The molecule has 2 atom stereocenters. The van der Waals surface area contributed by atoms with Gasteiger partial charge in [-0.25, -0.2) is 13.6 Å². The molecule has 0 saturated carbocycles. The summed E-state index contributed by atoms with van der Waals surface area (Å²) >= 11 is 0. The van der Waals surface area contributed by atoms with Gasteiger partial charge in [0.25, 0.3) is 5.91 Å². The number of ether oxygens (including phenoxy) is 1. The zero-order valence-corrected chi connectivity index (χ0v) is 14.7. The molecule has 1 amide bonds. The molecule has 1 aliphatic rings. The third-order valence-electron chi connectivity index (χ3n) is 3.89. The number of methoxy groups -OCH3 is 1. The van der Waals surface area contributed by atoms with E-state index in [2.05, 4.69) is 17.6 Å². The Morgan fingerprint density at radius 1 is 1.43 bits per heavy atom. The molecule has 2 rings (SSSR count). The van der Waals surface area contributed by atoms with Crippen molar-refractivity contribution in [3.8, 4) is 5.75 Å². The topological polar surface area (TPSA) is 111 Å². The number of benzene rings is 1. The van der Waals surface area contributed by atoms with Crippen LogP contribution in [0.15, 0.2) is 23.1 Å². The molecule has 1 aliphatic heterocycles. The second-order valence-electron chi connectivity index (χ2n) is 5.46. The van der Waals surface area contributed by atoms with Crippen LogP contribution in [0.2, 0.25) is 0 Å². The Morgan fingerprint density at radius 2 is 2.13 bits per heavy atom. The number of hydrogen-bond donors (Lipinski definition) is 3. The molecule has 1 heterocycles. The van der Waals surface area contributed by atoms with Gasteiger partial charge in [0, 0.05) is 12.6 Å². The van der Waals surface area contributed by atoms with Crippen molar-refractivity contribution in [2.75, 3.05) is 20.2 Å². The lowest BCUT2D eigenvalue weighted by molar-refractivity contribution is 0.0912. The maximum Gasteiger partial charge on any atom is 0.255 e. The first kappa shape index (κ1) is 19.7. The molecule has 2 unspecified atom stereocenters. The fourth-order valence-corrected chi connectivity index (χ4v) is 3.01. The van der Waals surface area contributed by atoms with E-state index in [1.54, 1.807) is 0 Å². The molecule has 4 N–H and O–H groups in total. The minimum atomic E-state index is -3.88. The average molecular weight is 364 g/mol. The third kappa shape index (κ3) is 4.81. The van der Waals surface area contributed by atoms with Crippen LogP contribution in [0.4, 0.5) is 0 Å². The van der Waals surface area contributed by atoms with Gasteiger partial charge in [0.05, 0.1) is 17.6 Å². The van der Waals surface area contributed by atoms with E-state index >= 15 is 0 Å². The number of piperidine rings is 1. The van der Waals surface area contributed by atoms with E-state index in [4.69, 9.17) is 9.88 Å². The Balaban J connectivity index is 0.00000264. The number of halogens is 1. The van der Waals surface area contributed by atoms with Crippen molar-refractivity contribution in [3.05, 3.63) is 23.8 Å². The molecule has 0 aromatic heterocycles. The van der Waals surface area contributed by atoms with E-state index in [0.717, 1.165) is 13.0 Å². The van der Waals surface area contributed by atoms with Gasteiger partial charge in [0.1, 0.15) is 5.75 Å². The minimum absolute atomic E-state index is 0. The molecule has 0 aliphatic carbocycles. The van der Waals surface area contributed by atoms with E-state index in [9.17, 15) is 13.2 Å². The number of primary sulfonamides is 1. The van der Waals surface area contributed by atoms with Crippen molar-refractivity contribution < 1.29 is 17.9 Å². The van der Waals surface area contributed by atoms with Gasteiger partial charge < -0.3 is 15.4 Å². The lowest BCUT2D eigenvalue weighted by atomic mass is 9.94. The van der Waals surface area contributed by atoms with Gasteiger partial charge in [-0.2, -0.15) is 0 Å². The maximum atomic E-state index is 12.5. The smallest absolute Gasteiger partial charge is 0.255 e. The SMILES string of the molecule is COc1ccc(S(N)(=O)=O)cc1C(=O)NC1CNCCC1C.Cl. The highest BCUT2D eigenvalue weighted by Gasteiger charge is 2.25. The zero-order valence-electron chi connectivity index (χ0n) is 13.0. The molecule has 7 nitrogen and oxygen atoms in total. The molecular formula is C14H22ClN3O4S. The largest absolute Gasteiger partial charge is 0.496 e. The van der Waals surface area contributed by atoms with Gasteiger partial charge in [0.15, 0.2) is 0 Å². The Morgan fingerprint density at radius 3 is 2.70 bits per heavy atom. The number of nitrogens with one attached hydrogen (secondary N) is 2. The summed E-state index contributed by atoms with van der Waals surface area (Å²) in [5, 5.41) is 11.3. The van der Waals surface area contributed by atoms with Crippen LogP contribution in [-0.2, 0) is 10.0 Å². The summed E-state index contributed by atoms with van der Waals surface area (Å²) in [6.45, 7) is 3.69. The average Bonchev–Trinajstić information content (AvgIpc) is 2.48. The zero-order chi connectivity index (χ0) is 16.3. The predicted octanol–water partition coefficient (Wildman–Crippen LogP) is 0.492. The molecule has 1 saturated heterocycles. The minimum Gasteiger partial charge on any atom is -0.496 e. The highest BCUT2D eigenvalue weighted by atomic mass is 35.5. The van der Waals surface area contributed by atoms with E-state index in [-0.39, 0.29) is 34.8 Å². The number of amides is 1. The standard InChI is InChI=1S/C14H21N3O4S.ClH/c1-9-5-6-16-8-12(9)17-14(18)11-7-10(22(15,19)20)3-4-13(11)21-2;/h3-4,7,9,12,16H,5-6,8H2,1-2H3,(H,17,18)(H2,15,19,20);1H. The number of rotatable bonds is 4. The molecule has 130 valence electrons. The maximum absolute atomic E-state index is 12.5. The third-order valence-corrected chi connectivity index (χ3v) is 4.80. The van der Waals surface area contributed by atoms with Crippen LogP contribution >= 0.6 is 12.4 Å². The summed E-state index contributed by atoms with van der Waals surface area (Å²) in [5.74, 6) is 0.279. The first-order valence-electron chi connectivity index (χ1n) is 7.05. The van der Waals surface area contributed by atoms with Crippen molar-refractivity contribution in [1.82, 2.24) is 10.6 Å². The van der Waals surface area contributed by atoms with Gasteiger partial charge in [-0.1, -0.05) is 6.92 Å². The van der Waals surface area contributed by atoms with Gasteiger partial charge in [-0.05, 0) is 37.1 Å². The number of hydrogen-bond acceptors (Lipinski definition) is 5. The van der Waals surface area contributed by atoms with Crippen LogP contribution in [-0.4, -0.2) is 40.6 Å². The second kappa shape index (κ2) is 7.96. The fraction of sp³-hybridized carbons (Fsp3) is 0.500. The lowest BCUT2D eigenvalue weighted by Gasteiger charge is -2.30. The normalized spacial score (nSPS) is 21.2. The monoisotopic (exact) mass is 363 g/mol. The van der Waals surface area contributed by atoms with Gasteiger partial charge in [0.2, 0.25) is 10.0 Å². The van der Waals surface area contributed by atoms with E-state index in [1.165, 1.54) is 25.3 Å². The van der Waals surface area contributed by atoms with Gasteiger partial charge in [-0.15, -0.1) is 12.4 Å².